The topological polar surface area (TPSA) is 168 Å². The Morgan fingerprint density at radius 1 is 0.548 bits per heavy atom. The van der Waals surface area contributed by atoms with Crippen molar-refractivity contribution in [3.63, 3.8) is 0 Å². The number of esters is 2. The summed E-state index contributed by atoms with van der Waals surface area (Å²) in [7, 11) is 0. The predicted octanol–water partition coefficient (Wildman–Crippen LogP) is 7.22. The number of carbonyl (C=O) groups excluding carboxylic acids is 2. The zero-order chi connectivity index (χ0) is 42.7. The van der Waals surface area contributed by atoms with Gasteiger partial charge in [-0.2, -0.15) is 10.2 Å². The fourth-order valence-electron chi connectivity index (χ4n) is 6.52. The first kappa shape index (κ1) is 41.4. The molecule has 4 aromatic carbocycles. The Kier molecular flexibility index (Phi) is 13.3. The third-order valence-corrected chi connectivity index (χ3v) is 10.2. The van der Waals surface area contributed by atoms with Gasteiger partial charge in [-0.25, -0.2) is 38.9 Å². The maximum atomic E-state index is 13.2. The summed E-state index contributed by atoms with van der Waals surface area (Å²) in [5.74, 6) is -1.33. The minimum absolute atomic E-state index is 0.109. The van der Waals surface area contributed by atoms with Gasteiger partial charge in [0.2, 0.25) is 0 Å². The van der Waals surface area contributed by atoms with Gasteiger partial charge < -0.3 is 18.9 Å². The number of rotatable bonds is 18. The normalized spacial score (nSPS) is 12.1. The molecule has 8 rings (SSSR count). The average Bonchev–Trinajstić information content (AvgIpc) is 4.15. The van der Waals surface area contributed by atoms with Gasteiger partial charge >= 0.3 is 24.0 Å². The van der Waals surface area contributed by atoms with Crippen molar-refractivity contribution in [3.05, 3.63) is 168 Å². The number of hydrogen-bond acceptors (Lipinski definition) is 12. The minimum Gasteiger partial charge on any atom is -0.489 e. The second-order valence-corrected chi connectivity index (χ2v) is 14.9. The van der Waals surface area contributed by atoms with Crippen LogP contribution in [0.2, 0.25) is 10.0 Å². The summed E-state index contributed by atoms with van der Waals surface area (Å²) in [4.78, 5) is 42.9. The fourth-order valence-corrected chi connectivity index (χ4v) is 6.77. The van der Waals surface area contributed by atoms with E-state index in [1.807, 2.05) is 97.1 Å². The van der Waals surface area contributed by atoms with Gasteiger partial charge in [-0.05, 0) is 110 Å². The summed E-state index contributed by atoms with van der Waals surface area (Å²) in [6, 6.07) is 29.8. The van der Waals surface area contributed by atoms with Crippen LogP contribution in [0, 0.1) is 0 Å². The number of carbonyl (C=O) groups is 2. The van der Waals surface area contributed by atoms with Gasteiger partial charge in [-0.3, -0.25) is 9.13 Å². The van der Waals surface area contributed by atoms with Crippen molar-refractivity contribution in [1.29, 1.82) is 0 Å². The SMILES string of the molecule is O=C(Oc1nccn1CC(CCc1ccc(Cl)cc1)Oc1ccc(-n2cncn2)cc1)C(=O)Oc1nccn1CC(CCc1ccc(Cl)cc1)Oc1ccc(-n2cncn2)cc1. The first-order valence-electron chi connectivity index (χ1n) is 19.5. The molecule has 0 saturated heterocycles. The molecule has 2 unspecified atom stereocenters. The summed E-state index contributed by atoms with van der Waals surface area (Å²) in [5, 5.41) is 9.64. The number of benzene rings is 4. The van der Waals surface area contributed by atoms with E-state index >= 15 is 0 Å². The lowest BCUT2D eigenvalue weighted by molar-refractivity contribution is -0.157. The van der Waals surface area contributed by atoms with Crippen LogP contribution in [-0.2, 0) is 35.5 Å². The highest BCUT2D eigenvalue weighted by Gasteiger charge is 2.26. The van der Waals surface area contributed by atoms with Crippen LogP contribution in [0.4, 0.5) is 0 Å². The largest absolute Gasteiger partial charge is 0.489 e. The average molecular weight is 874 g/mol. The Balaban J connectivity index is 0.919. The molecule has 16 nitrogen and oxygen atoms in total. The number of ether oxygens (including phenoxy) is 4. The number of aryl methyl sites for hydroxylation is 2. The molecule has 0 saturated carbocycles. The van der Waals surface area contributed by atoms with Gasteiger partial charge in [0.1, 0.15) is 49.0 Å². The lowest BCUT2D eigenvalue weighted by Gasteiger charge is -2.21. The lowest BCUT2D eigenvalue weighted by atomic mass is 10.1. The first-order chi connectivity index (χ1) is 30.3. The molecule has 8 aromatic rings. The molecule has 2 atom stereocenters. The lowest BCUT2D eigenvalue weighted by Crippen LogP contribution is -2.30. The zero-order valence-corrected chi connectivity index (χ0v) is 34.4. The van der Waals surface area contributed by atoms with Gasteiger partial charge in [0.05, 0.1) is 24.5 Å². The van der Waals surface area contributed by atoms with Crippen LogP contribution in [0.15, 0.2) is 147 Å². The number of halogens is 2. The number of aromatic nitrogens is 10. The molecule has 0 spiro atoms. The second-order valence-electron chi connectivity index (χ2n) is 14.0. The van der Waals surface area contributed by atoms with E-state index in [1.165, 1.54) is 25.0 Å². The van der Waals surface area contributed by atoms with E-state index < -0.39 is 24.1 Å². The monoisotopic (exact) mass is 872 g/mol. The number of imidazole rings is 2. The van der Waals surface area contributed by atoms with Crippen LogP contribution in [0.5, 0.6) is 23.5 Å². The molecular formula is C44H38Cl2N10O6. The molecule has 0 aliphatic rings. The molecule has 0 amide bonds. The first-order valence-corrected chi connectivity index (χ1v) is 20.3. The van der Waals surface area contributed by atoms with Gasteiger partial charge in [0.25, 0.3) is 0 Å². The standard InChI is InChI=1S/C44H38Cl2N10O6/c45-33-7-1-31(2-8-33)5-15-39(59-37-17-11-35(12-18-37)55-29-47-27-51-55)25-53-23-21-49-43(53)61-41(57)42(58)62-44-50-22-24-54(44)26-40(16-6-32-3-9-34(46)10-4-32)60-38-19-13-36(14-20-38)56-30-48-28-52-56/h1-4,7-14,17-24,27-30,39-40H,5-6,15-16,25-26H2. The van der Waals surface area contributed by atoms with Crippen LogP contribution in [0.3, 0.4) is 0 Å². The predicted molar refractivity (Wildman–Crippen MR) is 227 cm³/mol. The van der Waals surface area contributed by atoms with Crippen LogP contribution >= 0.6 is 23.2 Å². The maximum Gasteiger partial charge on any atom is 0.425 e. The van der Waals surface area contributed by atoms with E-state index in [0.717, 1.165) is 22.5 Å². The molecule has 314 valence electrons. The van der Waals surface area contributed by atoms with Gasteiger partial charge in [-0.15, -0.1) is 0 Å². The summed E-state index contributed by atoms with van der Waals surface area (Å²) in [6.07, 6.45) is 14.1. The van der Waals surface area contributed by atoms with E-state index in [9.17, 15) is 9.59 Å². The van der Waals surface area contributed by atoms with Crippen molar-refractivity contribution in [1.82, 2.24) is 48.6 Å². The quantitative estimate of drug-likeness (QED) is 0.0628. The van der Waals surface area contributed by atoms with Crippen molar-refractivity contribution in [2.75, 3.05) is 0 Å². The second kappa shape index (κ2) is 19.8. The molecule has 18 heteroatoms. The van der Waals surface area contributed by atoms with E-state index in [0.29, 0.717) is 47.2 Å². The molecule has 0 bridgehead atoms. The van der Waals surface area contributed by atoms with Crippen molar-refractivity contribution >= 4 is 35.1 Å². The Hall–Kier alpha value is -7.30. The highest BCUT2D eigenvalue weighted by atomic mass is 35.5. The smallest absolute Gasteiger partial charge is 0.425 e. The Morgan fingerprint density at radius 3 is 1.32 bits per heavy atom. The van der Waals surface area contributed by atoms with Crippen LogP contribution in [0.1, 0.15) is 24.0 Å². The molecule has 0 aliphatic carbocycles. The van der Waals surface area contributed by atoms with Gasteiger partial charge in [-0.1, -0.05) is 47.5 Å². The molecule has 4 aromatic heterocycles. The summed E-state index contributed by atoms with van der Waals surface area (Å²) < 4.78 is 30.4. The molecule has 0 fully saturated rings. The minimum atomic E-state index is -1.28. The Morgan fingerprint density at radius 2 is 0.952 bits per heavy atom. The maximum absolute atomic E-state index is 13.2. The Labute approximate surface area is 365 Å². The van der Waals surface area contributed by atoms with Crippen LogP contribution in [-0.4, -0.2) is 72.8 Å². The number of hydrogen-bond donors (Lipinski definition) is 0. The zero-order valence-electron chi connectivity index (χ0n) is 32.9. The number of nitrogens with zero attached hydrogens (tertiary/aromatic N) is 10. The van der Waals surface area contributed by atoms with Gasteiger partial charge in [0.15, 0.2) is 0 Å². The highest BCUT2D eigenvalue weighted by molar-refractivity contribution is 6.31. The van der Waals surface area contributed by atoms with E-state index in [2.05, 4.69) is 30.1 Å². The Bertz CT molecular complexity index is 2470. The van der Waals surface area contributed by atoms with Crippen molar-refractivity contribution in [2.24, 2.45) is 0 Å². The molecular weight excluding hydrogens is 835 g/mol. The highest BCUT2D eigenvalue weighted by Crippen LogP contribution is 2.23. The van der Waals surface area contributed by atoms with E-state index in [-0.39, 0.29) is 25.1 Å². The summed E-state index contributed by atoms with van der Waals surface area (Å²) in [6.45, 7) is 0.474. The molecule has 4 heterocycles. The van der Waals surface area contributed by atoms with Crippen molar-refractivity contribution in [3.8, 4) is 34.9 Å². The fraction of sp³-hybridized carbons (Fsp3) is 0.182. The summed E-state index contributed by atoms with van der Waals surface area (Å²) in [5.41, 5.74) is 3.78. The molecule has 0 radical (unpaired) electrons. The van der Waals surface area contributed by atoms with E-state index in [1.54, 1.807) is 43.5 Å². The summed E-state index contributed by atoms with van der Waals surface area (Å²) >= 11 is 12.2. The third kappa shape index (κ3) is 11.1. The van der Waals surface area contributed by atoms with Crippen molar-refractivity contribution in [2.45, 2.75) is 51.0 Å². The van der Waals surface area contributed by atoms with Crippen LogP contribution < -0.4 is 18.9 Å². The van der Waals surface area contributed by atoms with Crippen LogP contribution in [0.25, 0.3) is 11.4 Å². The van der Waals surface area contributed by atoms with Gasteiger partial charge in [0, 0.05) is 34.8 Å². The molecule has 0 aliphatic heterocycles. The van der Waals surface area contributed by atoms with E-state index in [4.69, 9.17) is 42.1 Å². The molecule has 0 N–H and O–H groups in total. The van der Waals surface area contributed by atoms with Crippen molar-refractivity contribution < 1.29 is 28.5 Å². The third-order valence-electron chi connectivity index (χ3n) is 9.67. The molecule has 62 heavy (non-hydrogen) atoms.